The van der Waals surface area contributed by atoms with Crippen molar-refractivity contribution < 1.29 is 4.74 Å². The van der Waals surface area contributed by atoms with Gasteiger partial charge < -0.3 is 9.30 Å². The highest BCUT2D eigenvalue weighted by Crippen LogP contribution is 2.64. The van der Waals surface area contributed by atoms with E-state index in [4.69, 9.17) is 19.7 Å². The van der Waals surface area contributed by atoms with Crippen LogP contribution in [0.3, 0.4) is 0 Å². The average Bonchev–Trinajstić information content (AvgIpc) is 4.01. The average molecular weight is 921 g/mol. The second-order valence-electron chi connectivity index (χ2n) is 19.9. The number of rotatable bonds is 5. The molecule has 3 heterocycles. The van der Waals surface area contributed by atoms with Crippen molar-refractivity contribution in [2.45, 2.75) is 24.7 Å². The van der Waals surface area contributed by atoms with Gasteiger partial charge in [-0.1, -0.05) is 190 Å². The molecule has 1 aliphatic heterocycles. The number of nitrogens with zero attached hydrogens (tertiary/aromatic N) is 4. The molecule has 0 radical (unpaired) electrons. The topological polar surface area (TPSA) is 52.8 Å². The molecular weight excluding hydrogens is 877 g/mol. The number of benzene rings is 10. The van der Waals surface area contributed by atoms with Gasteiger partial charge in [-0.05, 0) is 110 Å². The highest BCUT2D eigenvalue weighted by molar-refractivity contribution is 6.13. The number of ether oxygens (including phenoxy) is 1. The van der Waals surface area contributed by atoms with Crippen molar-refractivity contribution in [3.8, 4) is 84.7 Å². The normalized spacial score (nSPS) is 14.0. The highest BCUT2D eigenvalue weighted by Gasteiger charge is 2.52. The second kappa shape index (κ2) is 15.2. The van der Waals surface area contributed by atoms with Crippen LogP contribution < -0.4 is 4.74 Å². The molecule has 12 aromatic rings. The van der Waals surface area contributed by atoms with Crippen molar-refractivity contribution in [3.63, 3.8) is 0 Å². The molecule has 0 atom stereocenters. The monoisotopic (exact) mass is 920 g/mol. The lowest BCUT2D eigenvalue weighted by Gasteiger charge is -2.39. The van der Waals surface area contributed by atoms with Crippen LogP contribution in [0.5, 0.6) is 11.5 Å². The zero-order chi connectivity index (χ0) is 47.7. The molecule has 2 aromatic heterocycles. The maximum Gasteiger partial charge on any atom is 0.164 e. The van der Waals surface area contributed by atoms with Gasteiger partial charge in [0.1, 0.15) is 11.5 Å². The van der Waals surface area contributed by atoms with Crippen molar-refractivity contribution in [2.24, 2.45) is 0 Å². The molecule has 5 nitrogen and oxygen atoms in total. The third kappa shape index (κ3) is 5.67. The maximum absolute atomic E-state index is 6.77. The van der Waals surface area contributed by atoms with Crippen molar-refractivity contribution in [2.75, 3.05) is 0 Å². The van der Waals surface area contributed by atoms with Crippen molar-refractivity contribution in [1.82, 2.24) is 19.5 Å². The van der Waals surface area contributed by atoms with Gasteiger partial charge in [0.2, 0.25) is 0 Å². The van der Waals surface area contributed by atoms with Gasteiger partial charge in [0, 0.05) is 49.7 Å². The molecular formula is C67H44N4O. The molecule has 15 rings (SSSR count). The first-order valence-electron chi connectivity index (χ1n) is 24.8. The third-order valence-electron chi connectivity index (χ3n) is 15.7. The molecule has 338 valence electrons. The summed E-state index contributed by atoms with van der Waals surface area (Å²) in [6, 6.07) is 83.0. The Hall–Kier alpha value is -9.19. The minimum absolute atomic E-state index is 0.135. The van der Waals surface area contributed by atoms with E-state index in [0.717, 1.165) is 72.8 Å². The molecule has 0 bridgehead atoms. The Kier molecular flexibility index (Phi) is 8.56. The third-order valence-corrected chi connectivity index (χ3v) is 15.7. The Morgan fingerprint density at radius 1 is 0.347 bits per heavy atom. The van der Waals surface area contributed by atoms with Gasteiger partial charge in [0.05, 0.1) is 16.4 Å². The molecule has 0 amide bonds. The minimum Gasteiger partial charge on any atom is -0.457 e. The Balaban J connectivity index is 0.996. The van der Waals surface area contributed by atoms with Gasteiger partial charge >= 0.3 is 0 Å². The Morgan fingerprint density at radius 3 is 1.58 bits per heavy atom. The predicted octanol–water partition coefficient (Wildman–Crippen LogP) is 16.4. The smallest absolute Gasteiger partial charge is 0.164 e. The van der Waals surface area contributed by atoms with Crippen molar-refractivity contribution >= 4 is 21.8 Å². The lowest BCUT2D eigenvalue weighted by atomic mass is 9.66. The fourth-order valence-corrected chi connectivity index (χ4v) is 12.5. The first kappa shape index (κ1) is 40.7. The zero-order valence-electron chi connectivity index (χ0n) is 39.6. The van der Waals surface area contributed by atoms with E-state index >= 15 is 0 Å². The van der Waals surface area contributed by atoms with E-state index in [1.165, 1.54) is 49.6 Å². The lowest BCUT2D eigenvalue weighted by molar-refractivity contribution is 0.436. The molecule has 0 saturated carbocycles. The van der Waals surface area contributed by atoms with Crippen LogP contribution in [0, 0.1) is 0 Å². The number of aromatic nitrogens is 4. The Labute approximate surface area is 417 Å². The number of para-hydroxylation sites is 3. The molecule has 0 saturated heterocycles. The van der Waals surface area contributed by atoms with E-state index in [1.807, 2.05) is 36.4 Å². The SMILES string of the molecule is CC1(C)c2ccccc2-c2cc3c(cc21)c1cc(-c2ccc4c(c2)-c2c(-c5nc(-c6ccccc6)nc(-c6ccccc6)n5)cccc2C42c4ccccc4Oc4ccccc42)ccc1n3-c1ccccc1. The molecule has 0 N–H and O–H groups in total. The van der Waals surface area contributed by atoms with Crippen LogP contribution in [0.25, 0.3) is 95.0 Å². The summed E-state index contributed by atoms with van der Waals surface area (Å²) in [5.41, 5.74) is 19.9. The van der Waals surface area contributed by atoms with E-state index in [1.54, 1.807) is 0 Å². The molecule has 0 fully saturated rings. The molecule has 10 aromatic carbocycles. The fourth-order valence-electron chi connectivity index (χ4n) is 12.5. The summed E-state index contributed by atoms with van der Waals surface area (Å²) in [6.45, 7) is 4.73. The molecule has 72 heavy (non-hydrogen) atoms. The Morgan fingerprint density at radius 2 is 0.889 bits per heavy atom. The fraction of sp³-hybridized carbons (Fsp3) is 0.0597. The van der Waals surface area contributed by atoms with Gasteiger partial charge in [-0.3, -0.25) is 0 Å². The van der Waals surface area contributed by atoms with Crippen molar-refractivity contribution in [1.29, 1.82) is 0 Å². The molecule has 1 spiro atoms. The molecule has 5 heteroatoms. The summed E-state index contributed by atoms with van der Waals surface area (Å²) in [5.74, 6) is 3.57. The van der Waals surface area contributed by atoms with Gasteiger partial charge in [-0.15, -0.1) is 0 Å². The quantitative estimate of drug-likeness (QED) is 0.173. The number of hydrogen-bond acceptors (Lipinski definition) is 4. The van der Waals surface area contributed by atoms with E-state index in [2.05, 4.69) is 213 Å². The summed E-state index contributed by atoms with van der Waals surface area (Å²) in [7, 11) is 0. The van der Waals surface area contributed by atoms with E-state index < -0.39 is 5.41 Å². The van der Waals surface area contributed by atoms with Crippen LogP contribution in [0.15, 0.2) is 231 Å². The van der Waals surface area contributed by atoms with Gasteiger partial charge in [0.25, 0.3) is 0 Å². The summed E-state index contributed by atoms with van der Waals surface area (Å²) in [6.07, 6.45) is 0. The summed E-state index contributed by atoms with van der Waals surface area (Å²) >= 11 is 0. The van der Waals surface area contributed by atoms with E-state index in [0.29, 0.717) is 17.5 Å². The van der Waals surface area contributed by atoms with E-state index in [-0.39, 0.29) is 5.41 Å². The van der Waals surface area contributed by atoms with Gasteiger partial charge in [0.15, 0.2) is 17.5 Å². The number of hydrogen-bond donors (Lipinski definition) is 0. The highest BCUT2D eigenvalue weighted by atomic mass is 16.5. The van der Waals surface area contributed by atoms with Gasteiger partial charge in [-0.25, -0.2) is 15.0 Å². The zero-order valence-corrected chi connectivity index (χ0v) is 39.6. The van der Waals surface area contributed by atoms with Gasteiger partial charge in [-0.2, -0.15) is 0 Å². The van der Waals surface area contributed by atoms with Crippen LogP contribution in [0.2, 0.25) is 0 Å². The summed E-state index contributed by atoms with van der Waals surface area (Å²) in [4.78, 5) is 15.8. The first-order valence-corrected chi connectivity index (χ1v) is 24.8. The molecule has 3 aliphatic rings. The predicted molar refractivity (Wildman–Crippen MR) is 291 cm³/mol. The lowest BCUT2D eigenvalue weighted by Crippen LogP contribution is -2.32. The van der Waals surface area contributed by atoms with Crippen LogP contribution >= 0.6 is 0 Å². The molecule has 0 unspecified atom stereocenters. The largest absolute Gasteiger partial charge is 0.457 e. The van der Waals surface area contributed by atoms with Crippen molar-refractivity contribution in [3.05, 3.63) is 264 Å². The van der Waals surface area contributed by atoms with Crippen LogP contribution in [0.1, 0.15) is 47.2 Å². The van der Waals surface area contributed by atoms with Crippen LogP contribution in [-0.2, 0) is 10.8 Å². The maximum atomic E-state index is 6.77. The standard InChI is InChI=1S/C67H44N4O/c1-66(2)52-27-13-12-25-46(52)48-40-59-50(39-57(48)66)49-37-44(34-36-58(49)71(59)45-23-10-5-11-24-45)43-33-35-53-51(38-43)62-47(65-69-63(41-19-6-3-7-20-41)68-64(70-65)42-21-8-4-9-22-42)26-18-30-56(62)67(53)54-28-14-16-31-60(54)72-61-32-17-15-29-55(61)67/h3-40H,1-2H3. The number of fused-ring (bicyclic) bond motifs is 15. The van der Waals surface area contributed by atoms with Crippen LogP contribution in [-0.4, -0.2) is 19.5 Å². The minimum atomic E-state index is -0.694. The first-order chi connectivity index (χ1) is 35.4. The molecule has 2 aliphatic carbocycles. The van der Waals surface area contributed by atoms with E-state index in [9.17, 15) is 0 Å². The summed E-state index contributed by atoms with van der Waals surface area (Å²) in [5, 5.41) is 2.47. The second-order valence-corrected chi connectivity index (χ2v) is 19.9. The Bertz CT molecular complexity index is 4110. The van der Waals surface area contributed by atoms with Crippen LogP contribution in [0.4, 0.5) is 0 Å². The summed E-state index contributed by atoms with van der Waals surface area (Å²) < 4.78 is 9.21.